The van der Waals surface area contributed by atoms with Crippen molar-refractivity contribution in [2.75, 3.05) is 0 Å². The van der Waals surface area contributed by atoms with Crippen molar-refractivity contribution in [3.8, 4) is 11.3 Å². The molecule has 2 aliphatic rings. The number of aliphatic hydroxyl groups excluding tert-OH is 1. The van der Waals surface area contributed by atoms with Crippen molar-refractivity contribution in [2.45, 2.75) is 92.4 Å². The van der Waals surface area contributed by atoms with E-state index in [1.807, 2.05) is 12.3 Å². The van der Waals surface area contributed by atoms with E-state index in [0.717, 1.165) is 61.8 Å². The van der Waals surface area contributed by atoms with Crippen LogP contribution < -0.4 is 0 Å². The van der Waals surface area contributed by atoms with E-state index in [-0.39, 0.29) is 36.7 Å². The van der Waals surface area contributed by atoms with Crippen LogP contribution in [0, 0.1) is 22.8 Å². The molecule has 1 heterocycles. The zero-order valence-corrected chi connectivity index (χ0v) is 26.8. The van der Waals surface area contributed by atoms with Crippen LogP contribution in [-0.4, -0.2) is 15.9 Å². The molecule has 5 rings (SSSR count). The molecule has 4 heteroatoms. The second-order valence-electron chi connectivity index (χ2n) is 11.8. The summed E-state index contributed by atoms with van der Waals surface area (Å²) >= 11 is 0. The van der Waals surface area contributed by atoms with Gasteiger partial charge in [0.05, 0.1) is 0 Å². The molecule has 39 heavy (non-hydrogen) atoms. The Morgan fingerprint density at radius 3 is 2.31 bits per heavy atom. The van der Waals surface area contributed by atoms with Crippen LogP contribution >= 0.6 is 0 Å². The number of allylic oxidation sites excluding steroid dienone is 2. The van der Waals surface area contributed by atoms with E-state index in [4.69, 9.17) is 0 Å². The predicted octanol–water partition coefficient (Wildman–Crippen LogP) is 9.62. The third kappa shape index (κ3) is 6.08. The van der Waals surface area contributed by atoms with Crippen LogP contribution in [0.25, 0.3) is 22.0 Å². The summed E-state index contributed by atoms with van der Waals surface area (Å²) in [6.07, 6.45) is 8.77. The number of ketones is 1. The SMILES string of the molecule is CC(C)c1c[c-]c(-c2nccc3ccccc23)cc1.CCC1(CC)CCC2CC[C@](C)(CC)C(=O)C2=C1O.[Ir]. The Hall–Kier alpha value is -2.29. The van der Waals surface area contributed by atoms with E-state index in [1.54, 1.807) is 0 Å². The number of Topliss-reactive ketones (excluding diaryl/α,β-unsaturated/α-hetero) is 1. The first-order chi connectivity index (χ1) is 18.2. The van der Waals surface area contributed by atoms with Crippen LogP contribution in [0.4, 0.5) is 0 Å². The smallest absolute Gasteiger partial charge is 0.168 e. The number of rotatable bonds is 5. The normalized spacial score (nSPS) is 22.1. The van der Waals surface area contributed by atoms with Crippen molar-refractivity contribution in [3.63, 3.8) is 0 Å². The van der Waals surface area contributed by atoms with Gasteiger partial charge in [0, 0.05) is 42.7 Å². The van der Waals surface area contributed by atoms with Crippen molar-refractivity contribution in [1.29, 1.82) is 0 Å². The Balaban J connectivity index is 0.000000210. The average Bonchev–Trinajstić information content (AvgIpc) is 2.95. The average molecular weight is 703 g/mol. The molecule has 2 atom stereocenters. The molecule has 1 unspecified atom stereocenters. The van der Waals surface area contributed by atoms with E-state index >= 15 is 0 Å². The van der Waals surface area contributed by atoms with E-state index in [0.29, 0.717) is 17.6 Å². The molecule has 1 radical (unpaired) electrons. The minimum Gasteiger partial charge on any atom is -0.511 e. The fourth-order valence-corrected chi connectivity index (χ4v) is 6.26. The van der Waals surface area contributed by atoms with Gasteiger partial charge in [-0.15, -0.1) is 35.4 Å². The molecular formula is C35H44IrNO2-. The minimum absolute atomic E-state index is 0. The molecule has 1 aromatic heterocycles. The standard InChI is InChI=1S/C18H16N.C17H28O2.Ir/c1-13(2)14-7-9-16(10-8-14)18-17-6-4-3-5-15(17)11-12-19-18;1-5-16(4)10-8-12-9-11-17(6-2,7-3)15(19)13(12)14(16)18;/h3-9,11-13H,1-2H3;12,19H,5-11H2,1-4H3;/q-1;;/t;12?,16-;/m.0./s1. The zero-order chi connectivity index (χ0) is 27.5. The third-order valence-corrected chi connectivity index (χ3v) is 9.54. The fraction of sp³-hybridized carbons (Fsp3) is 0.486. The number of aromatic nitrogens is 1. The van der Waals surface area contributed by atoms with Gasteiger partial charge >= 0.3 is 0 Å². The molecule has 1 fully saturated rings. The Morgan fingerprint density at radius 1 is 1.00 bits per heavy atom. The number of benzene rings is 2. The van der Waals surface area contributed by atoms with Crippen LogP contribution in [0.2, 0.25) is 0 Å². The van der Waals surface area contributed by atoms with E-state index < -0.39 is 0 Å². The van der Waals surface area contributed by atoms with Gasteiger partial charge in [0.15, 0.2) is 5.78 Å². The maximum absolute atomic E-state index is 12.8. The van der Waals surface area contributed by atoms with Gasteiger partial charge in [-0.05, 0) is 73.4 Å². The first kappa shape index (κ1) is 31.2. The Morgan fingerprint density at radius 2 is 1.69 bits per heavy atom. The second-order valence-corrected chi connectivity index (χ2v) is 11.8. The Bertz CT molecular complexity index is 1300. The van der Waals surface area contributed by atoms with Gasteiger partial charge in [-0.1, -0.05) is 71.7 Å². The molecule has 0 aliphatic heterocycles. The topological polar surface area (TPSA) is 50.2 Å². The summed E-state index contributed by atoms with van der Waals surface area (Å²) in [4.78, 5) is 17.3. The molecule has 1 N–H and O–H groups in total. The van der Waals surface area contributed by atoms with Crippen LogP contribution in [0.5, 0.6) is 0 Å². The third-order valence-electron chi connectivity index (χ3n) is 9.54. The predicted molar refractivity (Wildman–Crippen MR) is 158 cm³/mol. The van der Waals surface area contributed by atoms with Crippen LogP contribution in [-0.2, 0) is 24.9 Å². The molecule has 2 aromatic carbocycles. The number of pyridine rings is 1. The summed E-state index contributed by atoms with van der Waals surface area (Å²) in [5, 5.41) is 13.2. The molecule has 3 aromatic rings. The minimum atomic E-state index is -0.246. The number of carbonyl (C=O) groups is 1. The van der Waals surface area contributed by atoms with E-state index in [9.17, 15) is 9.90 Å². The molecule has 2 aliphatic carbocycles. The van der Waals surface area contributed by atoms with Gasteiger partial charge in [-0.25, -0.2) is 0 Å². The summed E-state index contributed by atoms with van der Waals surface area (Å²) < 4.78 is 0. The maximum Gasteiger partial charge on any atom is 0.168 e. The van der Waals surface area contributed by atoms with Gasteiger partial charge in [-0.2, -0.15) is 0 Å². The first-order valence-electron chi connectivity index (χ1n) is 14.5. The zero-order valence-electron chi connectivity index (χ0n) is 24.4. The second kappa shape index (κ2) is 12.9. The molecule has 1 saturated carbocycles. The Labute approximate surface area is 248 Å². The van der Waals surface area contributed by atoms with Crippen molar-refractivity contribution in [3.05, 3.63) is 77.7 Å². The monoisotopic (exact) mass is 703 g/mol. The summed E-state index contributed by atoms with van der Waals surface area (Å²) in [5.74, 6) is 1.52. The van der Waals surface area contributed by atoms with Crippen molar-refractivity contribution < 1.29 is 30.0 Å². The van der Waals surface area contributed by atoms with Crippen molar-refractivity contribution in [2.24, 2.45) is 16.7 Å². The van der Waals surface area contributed by atoms with Gasteiger partial charge < -0.3 is 10.1 Å². The molecule has 0 spiro atoms. The van der Waals surface area contributed by atoms with Crippen LogP contribution in [0.1, 0.15) is 98.0 Å². The largest absolute Gasteiger partial charge is 0.511 e. The summed E-state index contributed by atoms with van der Waals surface area (Å²) in [7, 11) is 0. The summed E-state index contributed by atoms with van der Waals surface area (Å²) in [6.45, 7) is 12.8. The van der Waals surface area contributed by atoms with Crippen LogP contribution in [0.3, 0.4) is 0 Å². The number of hydrogen-bond acceptors (Lipinski definition) is 3. The quantitative estimate of drug-likeness (QED) is 0.270. The molecular weight excluding hydrogens is 659 g/mol. The number of hydrogen-bond donors (Lipinski definition) is 1. The van der Waals surface area contributed by atoms with Gasteiger partial charge in [0.25, 0.3) is 0 Å². The molecule has 211 valence electrons. The number of aliphatic hydroxyl groups is 1. The van der Waals surface area contributed by atoms with Crippen molar-refractivity contribution >= 4 is 16.6 Å². The number of fused-ring (bicyclic) bond motifs is 2. The first-order valence-corrected chi connectivity index (χ1v) is 14.5. The maximum atomic E-state index is 12.8. The van der Waals surface area contributed by atoms with E-state index in [1.165, 1.54) is 16.3 Å². The Kier molecular flexibility index (Phi) is 10.3. The summed E-state index contributed by atoms with van der Waals surface area (Å²) in [5.41, 5.74) is 3.79. The molecule has 0 amide bonds. The van der Waals surface area contributed by atoms with Crippen LogP contribution in [0.15, 0.2) is 66.1 Å². The molecule has 3 nitrogen and oxygen atoms in total. The number of nitrogens with zero attached hydrogens (tertiary/aromatic N) is 1. The number of carbonyl (C=O) groups excluding carboxylic acids is 1. The molecule has 0 saturated heterocycles. The molecule has 0 bridgehead atoms. The fourth-order valence-electron chi connectivity index (χ4n) is 6.26. The van der Waals surface area contributed by atoms with E-state index in [2.05, 4.69) is 95.1 Å². The summed E-state index contributed by atoms with van der Waals surface area (Å²) in [6, 6.07) is 20.1. The van der Waals surface area contributed by atoms with Gasteiger partial charge in [0.1, 0.15) is 5.76 Å². The van der Waals surface area contributed by atoms with Crippen molar-refractivity contribution in [1.82, 2.24) is 4.98 Å². The van der Waals surface area contributed by atoms with Gasteiger partial charge in [0.2, 0.25) is 0 Å². The van der Waals surface area contributed by atoms with Gasteiger partial charge in [-0.3, -0.25) is 4.79 Å².